The lowest BCUT2D eigenvalue weighted by molar-refractivity contribution is -0.136. The van der Waals surface area contributed by atoms with Gasteiger partial charge in [-0.05, 0) is 12.1 Å². The zero-order valence-corrected chi connectivity index (χ0v) is 15.6. The van der Waals surface area contributed by atoms with Gasteiger partial charge in [-0.15, -0.1) is 0 Å². The fourth-order valence-electron chi connectivity index (χ4n) is 3.47. The molecule has 0 fully saturated rings. The number of nitrogens with one attached hydrogen (secondary N) is 2. The lowest BCUT2D eigenvalue weighted by Gasteiger charge is -2.18. The first-order valence-electron chi connectivity index (χ1n) is 9.05. The summed E-state index contributed by atoms with van der Waals surface area (Å²) < 4.78 is 41.8. The predicted molar refractivity (Wildman–Crippen MR) is 109 cm³/mol. The number of nitrogens with two attached hydrogens (primary N) is 1. The van der Waals surface area contributed by atoms with Crippen LogP contribution in [0.3, 0.4) is 0 Å². The van der Waals surface area contributed by atoms with E-state index in [1.807, 2.05) is 0 Å². The van der Waals surface area contributed by atoms with E-state index in [2.05, 4.69) is 35.5 Å². The molecule has 0 aliphatic rings. The summed E-state index contributed by atoms with van der Waals surface area (Å²) in [6.45, 7) is 0. The van der Waals surface area contributed by atoms with E-state index in [4.69, 9.17) is 5.73 Å². The average molecular weight is 422 g/mol. The summed E-state index contributed by atoms with van der Waals surface area (Å²) in [6.07, 6.45) is -0.221. The van der Waals surface area contributed by atoms with Gasteiger partial charge in [-0.25, -0.2) is 19.9 Å². The average Bonchev–Trinajstić information content (AvgIpc) is 3.25. The number of H-pyrrole nitrogens is 1. The van der Waals surface area contributed by atoms with Gasteiger partial charge < -0.3 is 11.1 Å². The fraction of sp³-hybridized carbons (Fsp3) is 0.0500. The summed E-state index contributed by atoms with van der Waals surface area (Å²) >= 11 is 0. The highest BCUT2D eigenvalue weighted by molar-refractivity contribution is 6.08. The summed E-state index contributed by atoms with van der Waals surface area (Å²) in [7, 11) is 0. The van der Waals surface area contributed by atoms with Gasteiger partial charge in [0.2, 0.25) is 5.95 Å². The molecule has 5 rings (SSSR count). The van der Waals surface area contributed by atoms with Crippen molar-refractivity contribution in [3.05, 3.63) is 60.7 Å². The van der Waals surface area contributed by atoms with E-state index in [-0.39, 0.29) is 34.1 Å². The number of alkyl halides is 3. The molecular weight excluding hydrogens is 409 g/mol. The zero-order chi connectivity index (χ0) is 21.6. The second-order valence-corrected chi connectivity index (χ2v) is 6.67. The number of nitrogens with zero attached hydrogens (tertiary/aromatic N) is 5. The van der Waals surface area contributed by atoms with Crippen molar-refractivity contribution >= 4 is 39.3 Å². The molecule has 0 atom stereocenters. The Morgan fingerprint density at radius 1 is 1.03 bits per heavy atom. The highest BCUT2D eigenvalue weighted by Crippen LogP contribution is 2.43. The Balaban J connectivity index is 1.90. The second kappa shape index (κ2) is 6.90. The van der Waals surface area contributed by atoms with Crippen molar-refractivity contribution in [2.24, 2.45) is 0 Å². The van der Waals surface area contributed by atoms with E-state index >= 15 is 0 Å². The van der Waals surface area contributed by atoms with E-state index in [0.717, 1.165) is 6.07 Å². The number of fused-ring (bicyclic) bond motifs is 2. The Morgan fingerprint density at radius 3 is 2.68 bits per heavy atom. The number of nitrogen functional groups attached to an aromatic ring is 1. The van der Waals surface area contributed by atoms with Crippen LogP contribution in [0.5, 0.6) is 0 Å². The number of hydrogen-bond acceptors (Lipinski definition) is 7. The number of benzene rings is 2. The standard InChI is InChI=1S/C20H13F3N8/c21-20(22,23)12-4-5-13-15(18(12)29-14-6-7-27-31-14)17(30-19(24)28-13)11-3-1-2-10-8-25-9-26-16(10)11/h1-9H,(H2,24,28,30)(H2,27,29,31). The minimum atomic E-state index is -4.63. The highest BCUT2D eigenvalue weighted by Gasteiger charge is 2.35. The summed E-state index contributed by atoms with van der Waals surface area (Å²) in [4.78, 5) is 16.8. The van der Waals surface area contributed by atoms with Crippen LogP contribution in [0, 0.1) is 0 Å². The number of anilines is 3. The molecule has 0 radical (unpaired) electrons. The van der Waals surface area contributed by atoms with Crippen molar-refractivity contribution in [2.75, 3.05) is 11.1 Å². The molecule has 11 heteroatoms. The molecule has 0 spiro atoms. The molecule has 0 unspecified atom stereocenters. The van der Waals surface area contributed by atoms with Gasteiger partial charge in [-0.3, -0.25) is 5.10 Å². The molecule has 5 aromatic rings. The largest absolute Gasteiger partial charge is 0.418 e. The van der Waals surface area contributed by atoms with Crippen LogP contribution in [0.4, 0.5) is 30.6 Å². The van der Waals surface area contributed by atoms with Crippen molar-refractivity contribution < 1.29 is 13.2 Å². The van der Waals surface area contributed by atoms with E-state index in [0.29, 0.717) is 16.5 Å². The Hall–Kier alpha value is -4.28. The van der Waals surface area contributed by atoms with Gasteiger partial charge in [0, 0.05) is 23.2 Å². The van der Waals surface area contributed by atoms with E-state index in [9.17, 15) is 13.2 Å². The maximum absolute atomic E-state index is 13.9. The van der Waals surface area contributed by atoms with Gasteiger partial charge >= 0.3 is 6.18 Å². The van der Waals surface area contributed by atoms with Crippen LogP contribution in [-0.2, 0) is 6.18 Å². The maximum atomic E-state index is 13.9. The molecule has 3 aromatic heterocycles. The van der Waals surface area contributed by atoms with Gasteiger partial charge in [-0.1, -0.05) is 18.2 Å². The van der Waals surface area contributed by atoms with Crippen molar-refractivity contribution in [1.29, 1.82) is 0 Å². The minimum Gasteiger partial charge on any atom is -0.368 e. The molecule has 0 aliphatic heterocycles. The quantitative estimate of drug-likeness (QED) is 0.396. The molecule has 0 saturated heterocycles. The monoisotopic (exact) mass is 422 g/mol. The topological polar surface area (TPSA) is 118 Å². The summed E-state index contributed by atoms with van der Waals surface area (Å²) in [5, 5.41) is 10.1. The van der Waals surface area contributed by atoms with Crippen LogP contribution in [-0.4, -0.2) is 30.1 Å². The number of rotatable bonds is 3. The summed E-state index contributed by atoms with van der Waals surface area (Å²) in [6, 6.07) is 9.02. The van der Waals surface area contributed by atoms with Crippen LogP contribution in [0.25, 0.3) is 33.1 Å². The van der Waals surface area contributed by atoms with Crippen LogP contribution in [0.2, 0.25) is 0 Å². The molecule has 0 amide bonds. The number of hydrogen-bond donors (Lipinski definition) is 3. The van der Waals surface area contributed by atoms with E-state index in [1.54, 1.807) is 24.4 Å². The third-order valence-electron chi connectivity index (χ3n) is 4.74. The van der Waals surface area contributed by atoms with Gasteiger partial charge in [0.05, 0.1) is 39.6 Å². The molecule has 3 heterocycles. The van der Waals surface area contributed by atoms with Gasteiger partial charge in [0.15, 0.2) is 0 Å². The van der Waals surface area contributed by atoms with Gasteiger partial charge in [-0.2, -0.15) is 18.3 Å². The molecule has 31 heavy (non-hydrogen) atoms. The smallest absolute Gasteiger partial charge is 0.368 e. The summed E-state index contributed by atoms with van der Waals surface area (Å²) in [5.41, 5.74) is 6.32. The third kappa shape index (κ3) is 3.25. The summed E-state index contributed by atoms with van der Waals surface area (Å²) in [5.74, 6) is 0.210. The van der Waals surface area contributed by atoms with Crippen LogP contribution in [0.1, 0.15) is 5.56 Å². The van der Waals surface area contributed by atoms with Crippen LogP contribution in [0.15, 0.2) is 55.1 Å². The molecule has 4 N–H and O–H groups in total. The van der Waals surface area contributed by atoms with Crippen LogP contribution >= 0.6 is 0 Å². The molecule has 2 aromatic carbocycles. The van der Waals surface area contributed by atoms with E-state index < -0.39 is 11.7 Å². The van der Waals surface area contributed by atoms with Crippen LogP contribution < -0.4 is 11.1 Å². The third-order valence-corrected chi connectivity index (χ3v) is 4.74. The lowest BCUT2D eigenvalue weighted by atomic mass is 9.99. The lowest BCUT2D eigenvalue weighted by Crippen LogP contribution is -2.11. The highest BCUT2D eigenvalue weighted by atomic mass is 19.4. The van der Waals surface area contributed by atoms with Crippen molar-refractivity contribution in [3.63, 3.8) is 0 Å². The Labute approximate surface area is 172 Å². The normalized spacial score (nSPS) is 11.8. The van der Waals surface area contributed by atoms with Gasteiger partial charge in [0.25, 0.3) is 0 Å². The SMILES string of the molecule is Nc1nc(-c2cccc3cncnc23)c2c(Nc3ccn[nH]3)c(C(F)(F)F)ccc2n1. The molecule has 154 valence electrons. The van der Waals surface area contributed by atoms with Crippen molar-refractivity contribution in [1.82, 2.24) is 30.1 Å². The molecule has 0 bridgehead atoms. The zero-order valence-electron chi connectivity index (χ0n) is 15.6. The Morgan fingerprint density at radius 2 is 1.90 bits per heavy atom. The molecule has 8 nitrogen and oxygen atoms in total. The van der Waals surface area contributed by atoms with Crippen molar-refractivity contribution in [3.8, 4) is 11.3 Å². The fourth-order valence-corrected chi connectivity index (χ4v) is 3.47. The number of para-hydroxylation sites is 1. The minimum absolute atomic E-state index is 0.0687. The maximum Gasteiger partial charge on any atom is 0.418 e. The number of aromatic nitrogens is 6. The van der Waals surface area contributed by atoms with E-state index in [1.165, 1.54) is 24.7 Å². The first-order valence-corrected chi connectivity index (χ1v) is 9.05. The first-order chi connectivity index (χ1) is 14.9. The second-order valence-electron chi connectivity index (χ2n) is 6.67. The molecule has 0 aliphatic carbocycles. The number of aromatic amines is 1. The Bertz CT molecular complexity index is 1410. The Kier molecular flexibility index (Phi) is 4.17. The molecule has 0 saturated carbocycles. The number of halogens is 3. The predicted octanol–water partition coefficient (Wildman–Crippen LogP) is 4.31. The van der Waals surface area contributed by atoms with Crippen molar-refractivity contribution in [2.45, 2.75) is 6.18 Å². The molecular formula is C20H13F3N8. The van der Waals surface area contributed by atoms with Gasteiger partial charge in [0.1, 0.15) is 12.1 Å². The first kappa shape index (κ1) is 18.7.